The molecule has 132 valence electrons. The number of hydrogen-bond donors (Lipinski definition) is 2. The predicted octanol–water partition coefficient (Wildman–Crippen LogP) is 3.41. The summed E-state index contributed by atoms with van der Waals surface area (Å²) in [6, 6.07) is 20.9. The van der Waals surface area contributed by atoms with Crippen molar-refractivity contribution in [2.75, 3.05) is 17.2 Å². The van der Waals surface area contributed by atoms with E-state index in [4.69, 9.17) is 4.74 Å². The quantitative estimate of drug-likeness (QED) is 0.684. The van der Waals surface area contributed by atoms with Crippen LogP contribution in [-0.2, 0) is 11.3 Å². The molecule has 2 N–H and O–H groups in total. The number of amides is 1. The van der Waals surface area contributed by atoms with Crippen molar-refractivity contribution < 1.29 is 9.53 Å². The Morgan fingerprint density at radius 3 is 2.31 bits per heavy atom. The Kier molecular flexibility index (Phi) is 5.77. The van der Waals surface area contributed by atoms with Gasteiger partial charge in [-0.1, -0.05) is 48.0 Å². The molecule has 0 fully saturated rings. The third-order valence-corrected chi connectivity index (χ3v) is 3.64. The van der Waals surface area contributed by atoms with E-state index in [1.54, 1.807) is 24.3 Å². The van der Waals surface area contributed by atoms with Crippen molar-refractivity contribution in [3.63, 3.8) is 0 Å². The Morgan fingerprint density at radius 1 is 0.923 bits per heavy atom. The van der Waals surface area contributed by atoms with E-state index in [2.05, 4.69) is 52.0 Å². The number of para-hydroxylation sites is 1. The van der Waals surface area contributed by atoms with Crippen molar-refractivity contribution in [3.8, 4) is 5.75 Å². The van der Waals surface area contributed by atoms with Crippen molar-refractivity contribution in [2.45, 2.75) is 13.5 Å². The number of anilines is 2. The Morgan fingerprint density at radius 2 is 1.62 bits per heavy atom. The van der Waals surface area contributed by atoms with Gasteiger partial charge in [0.15, 0.2) is 12.4 Å². The molecule has 6 nitrogen and oxygen atoms in total. The van der Waals surface area contributed by atoms with E-state index in [9.17, 15) is 4.79 Å². The van der Waals surface area contributed by atoms with E-state index >= 15 is 0 Å². The number of benzene rings is 2. The molecular formula is C20H20N4O2. The van der Waals surface area contributed by atoms with E-state index in [1.165, 1.54) is 5.56 Å². The molecule has 0 aliphatic rings. The minimum absolute atomic E-state index is 0.0842. The van der Waals surface area contributed by atoms with Crippen LogP contribution in [-0.4, -0.2) is 22.7 Å². The van der Waals surface area contributed by atoms with Gasteiger partial charge in [-0.25, -0.2) is 0 Å². The van der Waals surface area contributed by atoms with E-state index < -0.39 is 0 Å². The first-order valence-corrected chi connectivity index (χ1v) is 8.30. The first kappa shape index (κ1) is 17.4. The number of hydrogen-bond acceptors (Lipinski definition) is 5. The smallest absolute Gasteiger partial charge is 0.263 e. The number of rotatable bonds is 7. The summed E-state index contributed by atoms with van der Waals surface area (Å²) >= 11 is 0. The molecule has 1 amide bonds. The number of carbonyl (C=O) groups is 1. The monoisotopic (exact) mass is 348 g/mol. The molecule has 1 heterocycles. The second kappa shape index (κ2) is 8.62. The maximum Gasteiger partial charge on any atom is 0.263 e. The largest absolute Gasteiger partial charge is 0.484 e. The summed E-state index contributed by atoms with van der Waals surface area (Å²) < 4.78 is 5.39. The maximum atomic E-state index is 11.9. The Labute approximate surface area is 152 Å². The molecule has 0 radical (unpaired) electrons. The average molecular weight is 348 g/mol. The lowest BCUT2D eigenvalue weighted by molar-refractivity contribution is -0.118. The number of carbonyl (C=O) groups excluding carboxylic acids is 1. The highest BCUT2D eigenvalue weighted by Crippen LogP contribution is 2.10. The van der Waals surface area contributed by atoms with Crippen molar-refractivity contribution in [1.82, 2.24) is 10.2 Å². The molecule has 6 heteroatoms. The highest BCUT2D eigenvalue weighted by Gasteiger charge is 2.05. The first-order valence-electron chi connectivity index (χ1n) is 8.30. The topological polar surface area (TPSA) is 76.1 Å². The summed E-state index contributed by atoms with van der Waals surface area (Å²) in [5.74, 6) is 1.38. The molecule has 0 saturated carbocycles. The van der Waals surface area contributed by atoms with Crippen molar-refractivity contribution in [2.24, 2.45) is 0 Å². The summed E-state index contributed by atoms with van der Waals surface area (Å²) in [5.41, 5.74) is 2.39. The van der Waals surface area contributed by atoms with Gasteiger partial charge in [0.1, 0.15) is 11.6 Å². The lowest BCUT2D eigenvalue weighted by Crippen LogP contribution is -2.21. The minimum atomic E-state index is -0.288. The maximum absolute atomic E-state index is 11.9. The van der Waals surface area contributed by atoms with Crippen LogP contribution in [0.25, 0.3) is 0 Å². The number of nitrogens with zero attached hydrogens (tertiary/aromatic N) is 2. The third kappa shape index (κ3) is 5.31. The number of aryl methyl sites for hydroxylation is 1. The van der Waals surface area contributed by atoms with Crippen molar-refractivity contribution in [1.29, 1.82) is 0 Å². The summed E-state index contributed by atoms with van der Waals surface area (Å²) in [7, 11) is 0. The molecular weight excluding hydrogens is 328 g/mol. The highest BCUT2D eigenvalue weighted by molar-refractivity contribution is 5.90. The van der Waals surface area contributed by atoms with Crippen LogP contribution in [0.2, 0.25) is 0 Å². The first-order chi connectivity index (χ1) is 12.7. The van der Waals surface area contributed by atoms with Crippen LogP contribution in [0.1, 0.15) is 11.1 Å². The normalized spacial score (nSPS) is 10.2. The van der Waals surface area contributed by atoms with E-state index in [0.717, 1.165) is 5.56 Å². The third-order valence-electron chi connectivity index (χ3n) is 3.64. The number of aromatic nitrogens is 2. The van der Waals surface area contributed by atoms with Crippen LogP contribution in [0.5, 0.6) is 5.75 Å². The van der Waals surface area contributed by atoms with Gasteiger partial charge < -0.3 is 15.4 Å². The van der Waals surface area contributed by atoms with Gasteiger partial charge in [0.25, 0.3) is 5.91 Å². The zero-order valence-electron chi connectivity index (χ0n) is 14.5. The molecule has 0 atom stereocenters. The van der Waals surface area contributed by atoms with Gasteiger partial charge in [-0.15, -0.1) is 10.2 Å². The summed E-state index contributed by atoms with van der Waals surface area (Å²) in [6.07, 6.45) is 0. The minimum Gasteiger partial charge on any atom is -0.484 e. The summed E-state index contributed by atoms with van der Waals surface area (Å²) in [6.45, 7) is 2.63. The van der Waals surface area contributed by atoms with Gasteiger partial charge >= 0.3 is 0 Å². The van der Waals surface area contributed by atoms with E-state index in [1.807, 2.05) is 18.2 Å². The number of nitrogens with one attached hydrogen (secondary N) is 2. The summed E-state index contributed by atoms with van der Waals surface area (Å²) in [4.78, 5) is 11.9. The van der Waals surface area contributed by atoms with Crippen molar-refractivity contribution in [3.05, 3.63) is 77.9 Å². The fourth-order valence-corrected chi connectivity index (χ4v) is 2.24. The SMILES string of the molecule is Cc1ccc(CNc2ccc(NC(=O)COc3ccccc3)nn2)cc1. The standard InChI is InChI=1S/C20H20N4O2/c1-15-7-9-16(10-8-15)13-21-18-11-12-19(24-23-18)22-20(25)14-26-17-5-3-2-4-6-17/h2-12H,13-14H2,1H3,(H,21,23)(H,22,24,25). The molecule has 0 spiro atoms. The molecule has 0 saturated heterocycles. The fourth-order valence-electron chi connectivity index (χ4n) is 2.24. The molecule has 0 aliphatic carbocycles. The zero-order chi connectivity index (χ0) is 18.2. The molecule has 0 unspecified atom stereocenters. The van der Waals surface area contributed by atoms with Gasteiger partial charge in [-0.3, -0.25) is 4.79 Å². The van der Waals surface area contributed by atoms with Gasteiger partial charge in [0.2, 0.25) is 0 Å². The average Bonchev–Trinajstić information content (AvgIpc) is 2.68. The van der Waals surface area contributed by atoms with Gasteiger partial charge in [-0.05, 0) is 36.8 Å². The fraction of sp³-hybridized carbons (Fsp3) is 0.150. The van der Waals surface area contributed by atoms with Crippen LogP contribution in [0.3, 0.4) is 0 Å². The van der Waals surface area contributed by atoms with Crippen LogP contribution in [0.15, 0.2) is 66.7 Å². The molecule has 2 aromatic carbocycles. The van der Waals surface area contributed by atoms with Gasteiger partial charge in [0, 0.05) is 6.54 Å². The second-order valence-corrected chi connectivity index (χ2v) is 5.79. The Balaban J connectivity index is 1.46. The summed E-state index contributed by atoms with van der Waals surface area (Å²) in [5, 5.41) is 13.9. The lowest BCUT2D eigenvalue weighted by atomic mass is 10.1. The van der Waals surface area contributed by atoms with E-state index in [-0.39, 0.29) is 12.5 Å². The molecule has 0 aliphatic heterocycles. The van der Waals surface area contributed by atoms with Crippen molar-refractivity contribution >= 4 is 17.5 Å². The molecule has 3 aromatic rings. The van der Waals surface area contributed by atoms with Crippen LogP contribution in [0.4, 0.5) is 11.6 Å². The Bertz CT molecular complexity index is 834. The highest BCUT2D eigenvalue weighted by atomic mass is 16.5. The van der Waals surface area contributed by atoms with Gasteiger partial charge in [0.05, 0.1) is 0 Å². The van der Waals surface area contributed by atoms with Gasteiger partial charge in [-0.2, -0.15) is 0 Å². The molecule has 1 aromatic heterocycles. The predicted molar refractivity (Wildman–Crippen MR) is 101 cm³/mol. The molecule has 0 bridgehead atoms. The molecule has 3 rings (SSSR count). The van der Waals surface area contributed by atoms with Crippen LogP contribution < -0.4 is 15.4 Å². The van der Waals surface area contributed by atoms with E-state index in [0.29, 0.717) is 23.9 Å². The Hall–Kier alpha value is -3.41. The number of ether oxygens (including phenoxy) is 1. The van der Waals surface area contributed by atoms with Crippen LogP contribution >= 0.6 is 0 Å². The van der Waals surface area contributed by atoms with Crippen LogP contribution in [0, 0.1) is 6.92 Å². The second-order valence-electron chi connectivity index (χ2n) is 5.79. The molecule has 26 heavy (non-hydrogen) atoms. The zero-order valence-corrected chi connectivity index (χ0v) is 14.5. The lowest BCUT2D eigenvalue weighted by Gasteiger charge is -2.08.